The molecule has 0 heterocycles. The van der Waals surface area contributed by atoms with E-state index in [9.17, 15) is 18.4 Å². The summed E-state index contributed by atoms with van der Waals surface area (Å²) in [5.74, 6) is -2.64. The molecule has 1 amide bonds. The summed E-state index contributed by atoms with van der Waals surface area (Å²) in [6.07, 6.45) is 0.415. The Bertz CT molecular complexity index is 809. The lowest BCUT2D eigenvalue weighted by atomic mass is 10.2. The van der Waals surface area contributed by atoms with Gasteiger partial charge in [0.2, 0.25) is 0 Å². The number of hydrogen-bond donors (Lipinski definition) is 1. The van der Waals surface area contributed by atoms with Gasteiger partial charge in [-0.25, -0.2) is 8.78 Å². The zero-order valence-electron chi connectivity index (χ0n) is 14.6. The second-order valence-electron chi connectivity index (χ2n) is 5.67. The minimum Gasteiger partial charge on any atom is -0.494 e. The highest BCUT2D eigenvalue weighted by Gasteiger charge is 2.13. The van der Waals surface area contributed by atoms with Crippen LogP contribution in [0.3, 0.4) is 0 Å². The average Bonchev–Trinajstić information content (AvgIpc) is 2.63. The number of ether oxygens (including phenoxy) is 2. The van der Waals surface area contributed by atoms with Crippen LogP contribution in [0.1, 0.15) is 18.4 Å². The van der Waals surface area contributed by atoms with Crippen LogP contribution in [0.2, 0.25) is 5.02 Å². The monoisotopic (exact) mass is 397 g/mol. The van der Waals surface area contributed by atoms with E-state index in [1.165, 1.54) is 6.07 Å². The Morgan fingerprint density at radius 1 is 1.15 bits per heavy atom. The van der Waals surface area contributed by atoms with Crippen molar-refractivity contribution >= 4 is 29.2 Å². The number of benzene rings is 2. The first-order valence-corrected chi connectivity index (χ1v) is 8.53. The summed E-state index contributed by atoms with van der Waals surface area (Å²) < 4.78 is 37.1. The predicted molar refractivity (Wildman–Crippen MR) is 96.9 cm³/mol. The third kappa shape index (κ3) is 6.53. The number of anilines is 1. The molecule has 2 rings (SSSR count). The lowest BCUT2D eigenvalue weighted by Gasteiger charge is -2.09. The Hall–Kier alpha value is -2.67. The van der Waals surface area contributed by atoms with Gasteiger partial charge in [-0.15, -0.1) is 0 Å². The number of rotatable bonds is 8. The van der Waals surface area contributed by atoms with E-state index in [0.717, 1.165) is 17.7 Å². The van der Waals surface area contributed by atoms with Crippen molar-refractivity contribution in [2.24, 2.45) is 0 Å². The number of carbonyl (C=O) groups is 2. The fourth-order valence-corrected chi connectivity index (χ4v) is 2.24. The molecule has 2 aromatic carbocycles. The number of hydrogen-bond acceptors (Lipinski definition) is 4. The van der Waals surface area contributed by atoms with Gasteiger partial charge in [-0.05, 0) is 49.2 Å². The smallest absolute Gasteiger partial charge is 0.306 e. The summed E-state index contributed by atoms with van der Waals surface area (Å²) in [5, 5.41) is 2.67. The van der Waals surface area contributed by atoms with Crippen molar-refractivity contribution < 1.29 is 27.8 Å². The fourth-order valence-electron chi connectivity index (χ4n) is 2.12. The molecule has 0 radical (unpaired) electrons. The Kier molecular flexibility index (Phi) is 7.55. The average molecular weight is 398 g/mol. The van der Waals surface area contributed by atoms with Crippen LogP contribution in [-0.2, 0) is 14.3 Å². The van der Waals surface area contributed by atoms with E-state index in [2.05, 4.69) is 0 Å². The van der Waals surface area contributed by atoms with Gasteiger partial charge in [0, 0.05) is 11.4 Å². The van der Waals surface area contributed by atoms with Gasteiger partial charge in [0.1, 0.15) is 23.1 Å². The van der Waals surface area contributed by atoms with Crippen molar-refractivity contribution in [2.45, 2.75) is 19.8 Å². The molecular formula is C19H18ClF2NO4. The molecule has 0 spiro atoms. The van der Waals surface area contributed by atoms with E-state index in [1.54, 1.807) is 18.2 Å². The SMILES string of the molecule is Cc1cc(OCCCC(=O)OCC(=O)Nc2c(F)cccc2F)ccc1Cl. The molecular weight excluding hydrogens is 380 g/mol. The Morgan fingerprint density at radius 3 is 2.52 bits per heavy atom. The Balaban J connectivity index is 1.67. The summed E-state index contributed by atoms with van der Waals surface area (Å²) in [6.45, 7) is 1.50. The fraction of sp³-hybridized carbons (Fsp3) is 0.263. The minimum atomic E-state index is -0.913. The first kappa shape index (κ1) is 20.6. The molecule has 0 aromatic heterocycles. The van der Waals surface area contributed by atoms with Crippen molar-refractivity contribution in [3.63, 3.8) is 0 Å². The van der Waals surface area contributed by atoms with E-state index < -0.39 is 35.8 Å². The number of nitrogens with one attached hydrogen (secondary N) is 1. The van der Waals surface area contributed by atoms with Crippen molar-refractivity contribution in [2.75, 3.05) is 18.5 Å². The molecule has 0 aliphatic rings. The van der Waals surface area contributed by atoms with Crippen molar-refractivity contribution in [1.29, 1.82) is 0 Å². The predicted octanol–water partition coefficient (Wildman–Crippen LogP) is 4.27. The minimum absolute atomic E-state index is 0.0356. The van der Waals surface area contributed by atoms with Gasteiger partial charge in [-0.2, -0.15) is 0 Å². The van der Waals surface area contributed by atoms with Crippen LogP contribution in [0.25, 0.3) is 0 Å². The standard InChI is InChI=1S/C19H18ClF2NO4/c1-12-10-13(7-8-14(12)20)26-9-3-6-18(25)27-11-17(24)23-19-15(21)4-2-5-16(19)22/h2,4-5,7-8,10H,3,6,9,11H2,1H3,(H,23,24). The van der Waals surface area contributed by atoms with Crippen LogP contribution >= 0.6 is 11.6 Å². The highest BCUT2D eigenvalue weighted by molar-refractivity contribution is 6.31. The van der Waals surface area contributed by atoms with Gasteiger partial charge in [-0.3, -0.25) is 9.59 Å². The molecule has 0 saturated heterocycles. The third-order valence-corrected chi connectivity index (χ3v) is 3.94. The zero-order chi connectivity index (χ0) is 19.8. The summed E-state index contributed by atoms with van der Waals surface area (Å²) >= 11 is 5.92. The molecule has 0 bridgehead atoms. The van der Waals surface area contributed by atoms with Crippen LogP contribution in [0.5, 0.6) is 5.75 Å². The van der Waals surface area contributed by atoms with Crippen LogP contribution in [-0.4, -0.2) is 25.1 Å². The Labute approximate surface area is 160 Å². The van der Waals surface area contributed by atoms with Crippen LogP contribution in [0.4, 0.5) is 14.5 Å². The Morgan fingerprint density at radius 2 is 1.85 bits per heavy atom. The largest absolute Gasteiger partial charge is 0.494 e. The van der Waals surface area contributed by atoms with E-state index in [0.29, 0.717) is 17.2 Å². The van der Waals surface area contributed by atoms with Gasteiger partial charge >= 0.3 is 5.97 Å². The molecule has 0 atom stereocenters. The summed E-state index contributed by atoms with van der Waals surface area (Å²) in [6, 6.07) is 8.41. The number of esters is 1. The molecule has 1 N–H and O–H groups in total. The number of halogens is 3. The van der Waals surface area contributed by atoms with Gasteiger partial charge < -0.3 is 14.8 Å². The summed E-state index contributed by atoms with van der Waals surface area (Å²) in [4.78, 5) is 23.3. The molecule has 0 saturated carbocycles. The molecule has 2 aromatic rings. The molecule has 144 valence electrons. The van der Waals surface area contributed by atoms with E-state index in [-0.39, 0.29) is 13.0 Å². The second kappa shape index (κ2) is 9.87. The maximum Gasteiger partial charge on any atom is 0.306 e. The molecule has 0 unspecified atom stereocenters. The molecule has 0 aliphatic carbocycles. The van der Waals surface area contributed by atoms with E-state index in [4.69, 9.17) is 21.1 Å². The first-order valence-electron chi connectivity index (χ1n) is 8.15. The molecule has 0 fully saturated rings. The van der Waals surface area contributed by atoms with Crippen molar-refractivity contribution in [3.05, 3.63) is 58.6 Å². The van der Waals surface area contributed by atoms with Gasteiger partial charge in [-0.1, -0.05) is 17.7 Å². The molecule has 27 heavy (non-hydrogen) atoms. The maximum absolute atomic E-state index is 13.4. The van der Waals surface area contributed by atoms with Crippen LogP contribution in [0.15, 0.2) is 36.4 Å². The van der Waals surface area contributed by atoms with E-state index >= 15 is 0 Å². The van der Waals surface area contributed by atoms with Crippen molar-refractivity contribution in [1.82, 2.24) is 0 Å². The highest BCUT2D eigenvalue weighted by Crippen LogP contribution is 2.21. The van der Waals surface area contributed by atoms with Gasteiger partial charge in [0.05, 0.1) is 6.61 Å². The van der Waals surface area contributed by atoms with Crippen molar-refractivity contribution in [3.8, 4) is 5.75 Å². The molecule has 0 aliphatic heterocycles. The molecule has 8 heteroatoms. The van der Waals surface area contributed by atoms with E-state index in [1.807, 2.05) is 12.2 Å². The van der Waals surface area contributed by atoms with Crippen LogP contribution < -0.4 is 10.1 Å². The lowest BCUT2D eigenvalue weighted by molar-refractivity contribution is -0.147. The number of carbonyl (C=O) groups excluding carboxylic acids is 2. The maximum atomic E-state index is 13.4. The van der Waals surface area contributed by atoms with Gasteiger partial charge in [0.15, 0.2) is 6.61 Å². The quantitative estimate of drug-likeness (QED) is 0.533. The topological polar surface area (TPSA) is 64.6 Å². The first-order chi connectivity index (χ1) is 12.9. The lowest BCUT2D eigenvalue weighted by Crippen LogP contribution is -2.22. The van der Waals surface area contributed by atoms with Crippen LogP contribution in [0, 0.1) is 18.6 Å². The molecule has 5 nitrogen and oxygen atoms in total. The normalized spacial score (nSPS) is 10.4. The summed E-state index contributed by atoms with van der Waals surface area (Å²) in [7, 11) is 0. The highest BCUT2D eigenvalue weighted by atomic mass is 35.5. The third-order valence-electron chi connectivity index (χ3n) is 3.51. The number of amides is 1. The number of para-hydroxylation sites is 1. The van der Waals surface area contributed by atoms with Gasteiger partial charge in [0.25, 0.3) is 5.91 Å². The zero-order valence-corrected chi connectivity index (χ0v) is 15.3. The second-order valence-corrected chi connectivity index (χ2v) is 6.08. The number of aryl methyl sites for hydroxylation is 1. The summed E-state index contributed by atoms with van der Waals surface area (Å²) in [5.41, 5.74) is 0.302.